The number of rotatable bonds is 5. The molecule has 1 rings (SSSR count). The molecule has 1 heterocycles. The van der Waals surface area contributed by atoms with E-state index in [1.54, 1.807) is 7.11 Å². The number of nitrogens with zero attached hydrogens (tertiary/aromatic N) is 1. The van der Waals surface area contributed by atoms with Gasteiger partial charge in [0, 0.05) is 32.9 Å². The molecule has 0 aliphatic carbocycles. The summed E-state index contributed by atoms with van der Waals surface area (Å²) in [5, 5.41) is 3.33. The second-order valence-corrected chi connectivity index (χ2v) is 5.16. The van der Waals surface area contributed by atoms with Gasteiger partial charge in [-0.05, 0) is 33.1 Å². The second-order valence-electron chi connectivity index (χ2n) is 5.16. The lowest BCUT2D eigenvalue weighted by Gasteiger charge is -2.36. The molecule has 6 heteroatoms. The van der Waals surface area contributed by atoms with Crippen LogP contribution in [-0.4, -0.2) is 44.5 Å². The Bertz CT molecular complexity index is 269. The molecule has 1 unspecified atom stereocenters. The molecular weight excluding hydrogens is 232 g/mol. The Hall–Kier alpha value is -0.850. The number of nitrogens with two attached hydrogens (primary N) is 1. The Morgan fingerprint density at radius 3 is 2.94 bits per heavy atom. The Labute approximate surface area is 109 Å². The maximum atomic E-state index is 5.68. The van der Waals surface area contributed by atoms with Crippen LogP contribution in [0.15, 0.2) is 4.99 Å². The first kappa shape index (κ1) is 15.2. The normalized spacial score (nSPS) is 23.8. The summed E-state index contributed by atoms with van der Waals surface area (Å²) in [6.07, 6.45) is 2.82. The van der Waals surface area contributed by atoms with Crippen LogP contribution in [0.5, 0.6) is 0 Å². The molecule has 0 bridgehead atoms. The zero-order valence-electron chi connectivity index (χ0n) is 11.7. The van der Waals surface area contributed by atoms with Crippen molar-refractivity contribution in [3.8, 4) is 0 Å². The monoisotopic (exact) mass is 258 g/mol. The zero-order chi connectivity index (χ0) is 13.4. The Morgan fingerprint density at radius 2 is 2.33 bits per heavy atom. The molecule has 0 radical (unpaired) electrons. The predicted octanol–water partition coefficient (Wildman–Crippen LogP) is 0.389. The third-order valence-corrected chi connectivity index (χ3v) is 2.95. The van der Waals surface area contributed by atoms with E-state index in [1.165, 1.54) is 0 Å². The third-order valence-electron chi connectivity index (χ3n) is 2.95. The number of nitrogens with one attached hydrogen (secondary N) is 2. The van der Waals surface area contributed by atoms with Crippen LogP contribution in [0.4, 0.5) is 0 Å². The number of aliphatic imine (C=N–C) groups is 1. The van der Waals surface area contributed by atoms with E-state index in [1.807, 2.05) is 0 Å². The van der Waals surface area contributed by atoms with Crippen molar-refractivity contribution in [2.75, 3.05) is 26.9 Å². The maximum absolute atomic E-state index is 5.68. The molecule has 4 N–H and O–H groups in total. The molecule has 0 saturated carbocycles. The lowest BCUT2D eigenvalue weighted by molar-refractivity contribution is -0.0605. The number of guanidine groups is 1. The molecule has 1 aliphatic heterocycles. The van der Waals surface area contributed by atoms with E-state index in [9.17, 15) is 0 Å². The summed E-state index contributed by atoms with van der Waals surface area (Å²) in [6.45, 7) is 6.39. The first-order valence-electron chi connectivity index (χ1n) is 6.48. The van der Waals surface area contributed by atoms with Crippen molar-refractivity contribution >= 4 is 5.96 Å². The number of ether oxygens (including phenoxy) is 2. The predicted molar refractivity (Wildman–Crippen MR) is 72.3 cm³/mol. The number of hydrazine groups is 1. The van der Waals surface area contributed by atoms with Crippen LogP contribution in [0.1, 0.15) is 33.1 Å². The summed E-state index contributed by atoms with van der Waals surface area (Å²) in [5.41, 5.74) is 2.53. The van der Waals surface area contributed by atoms with Gasteiger partial charge in [-0.2, -0.15) is 0 Å². The topological polar surface area (TPSA) is 80.9 Å². The van der Waals surface area contributed by atoms with Crippen LogP contribution < -0.4 is 16.6 Å². The highest BCUT2D eigenvalue weighted by Gasteiger charge is 2.29. The van der Waals surface area contributed by atoms with Gasteiger partial charge >= 0.3 is 0 Å². The molecule has 106 valence electrons. The molecule has 1 saturated heterocycles. The molecule has 0 aromatic heterocycles. The molecule has 6 nitrogen and oxygen atoms in total. The maximum Gasteiger partial charge on any atom is 0.205 e. The zero-order valence-corrected chi connectivity index (χ0v) is 11.7. The van der Waals surface area contributed by atoms with Crippen LogP contribution in [-0.2, 0) is 9.47 Å². The third kappa shape index (κ3) is 5.66. The summed E-state index contributed by atoms with van der Waals surface area (Å²) in [4.78, 5) is 4.37. The van der Waals surface area contributed by atoms with E-state index in [-0.39, 0.29) is 5.60 Å². The van der Waals surface area contributed by atoms with E-state index < -0.39 is 0 Å². The van der Waals surface area contributed by atoms with Gasteiger partial charge in [0.2, 0.25) is 5.96 Å². The standard InChI is InChI=1S/C12H26N4O2/c1-12(2)9-10(5-8-18-12)15-11(16-13)14-6-4-7-17-3/h10H,4-9,13H2,1-3H3,(H2,14,15,16). The van der Waals surface area contributed by atoms with Gasteiger partial charge in [0.1, 0.15) is 0 Å². The largest absolute Gasteiger partial charge is 0.385 e. The van der Waals surface area contributed by atoms with Gasteiger partial charge in [0.15, 0.2) is 0 Å². The highest BCUT2D eigenvalue weighted by molar-refractivity contribution is 5.79. The van der Waals surface area contributed by atoms with E-state index in [4.69, 9.17) is 15.3 Å². The van der Waals surface area contributed by atoms with Gasteiger partial charge < -0.3 is 14.8 Å². The summed E-state index contributed by atoms with van der Waals surface area (Å²) in [5.74, 6) is 6.11. The summed E-state index contributed by atoms with van der Waals surface area (Å²) in [7, 11) is 1.69. The van der Waals surface area contributed by atoms with E-state index in [0.29, 0.717) is 25.2 Å². The van der Waals surface area contributed by atoms with Gasteiger partial charge in [0.25, 0.3) is 0 Å². The number of hydrogen-bond donors (Lipinski definition) is 3. The van der Waals surface area contributed by atoms with Gasteiger partial charge in [-0.25, -0.2) is 5.84 Å². The van der Waals surface area contributed by atoms with Crippen molar-refractivity contribution < 1.29 is 9.47 Å². The van der Waals surface area contributed by atoms with E-state index in [2.05, 4.69) is 29.6 Å². The fraction of sp³-hybridized carbons (Fsp3) is 0.917. The molecular formula is C12H26N4O2. The van der Waals surface area contributed by atoms with Crippen LogP contribution in [0.25, 0.3) is 0 Å². The summed E-state index contributed by atoms with van der Waals surface area (Å²) < 4.78 is 10.7. The fourth-order valence-electron chi connectivity index (χ4n) is 2.08. The van der Waals surface area contributed by atoms with Crippen molar-refractivity contribution in [3.05, 3.63) is 0 Å². The Kier molecular flexibility index (Phi) is 6.38. The molecule has 1 atom stereocenters. The van der Waals surface area contributed by atoms with Crippen LogP contribution >= 0.6 is 0 Å². The van der Waals surface area contributed by atoms with Crippen molar-refractivity contribution in [1.82, 2.24) is 10.7 Å². The second kappa shape index (κ2) is 7.56. The van der Waals surface area contributed by atoms with E-state index >= 15 is 0 Å². The minimum absolute atomic E-state index is 0.0777. The van der Waals surface area contributed by atoms with Crippen LogP contribution in [0.3, 0.4) is 0 Å². The summed E-state index contributed by atoms with van der Waals surface area (Å²) >= 11 is 0. The van der Waals surface area contributed by atoms with E-state index in [0.717, 1.165) is 25.9 Å². The average molecular weight is 258 g/mol. The van der Waals surface area contributed by atoms with Gasteiger partial charge in [-0.15, -0.1) is 0 Å². The van der Waals surface area contributed by atoms with Crippen molar-refractivity contribution in [1.29, 1.82) is 0 Å². The molecule has 0 aromatic carbocycles. The first-order valence-corrected chi connectivity index (χ1v) is 6.48. The fourth-order valence-corrected chi connectivity index (χ4v) is 2.08. The highest BCUT2D eigenvalue weighted by Crippen LogP contribution is 2.23. The molecule has 1 aliphatic rings. The minimum Gasteiger partial charge on any atom is -0.385 e. The lowest BCUT2D eigenvalue weighted by Crippen LogP contribution is -2.51. The quantitative estimate of drug-likeness (QED) is 0.218. The Balaban J connectivity index is 2.37. The molecule has 0 amide bonds. The molecule has 0 aromatic rings. The molecule has 0 spiro atoms. The number of hydrogen-bond acceptors (Lipinski definition) is 4. The first-order chi connectivity index (χ1) is 8.57. The van der Waals surface area contributed by atoms with Gasteiger partial charge in [-0.3, -0.25) is 10.4 Å². The highest BCUT2D eigenvalue weighted by atomic mass is 16.5. The smallest absolute Gasteiger partial charge is 0.205 e. The van der Waals surface area contributed by atoms with Gasteiger partial charge in [0.05, 0.1) is 5.60 Å². The average Bonchev–Trinajstić information content (AvgIpc) is 2.32. The minimum atomic E-state index is -0.0777. The molecule has 1 fully saturated rings. The Morgan fingerprint density at radius 1 is 1.56 bits per heavy atom. The van der Waals surface area contributed by atoms with Crippen molar-refractivity contribution in [2.45, 2.75) is 44.8 Å². The van der Waals surface area contributed by atoms with Crippen LogP contribution in [0, 0.1) is 0 Å². The van der Waals surface area contributed by atoms with Crippen molar-refractivity contribution in [2.24, 2.45) is 10.8 Å². The summed E-state index contributed by atoms with van der Waals surface area (Å²) in [6, 6.07) is 0.353. The van der Waals surface area contributed by atoms with Gasteiger partial charge in [-0.1, -0.05) is 0 Å². The van der Waals surface area contributed by atoms with Crippen LogP contribution in [0.2, 0.25) is 0 Å². The molecule has 18 heavy (non-hydrogen) atoms. The van der Waals surface area contributed by atoms with Crippen molar-refractivity contribution in [3.63, 3.8) is 0 Å². The lowest BCUT2D eigenvalue weighted by atomic mass is 9.94. The number of methoxy groups -OCH3 is 1. The SMILES string of the molecule is COCCCN=C(NN)NC1CCOC(C)(C)C1.